The molecule has 0 saturated heterocycles. The Morgan fingerprint density at radius 2 is 2.00 bits per heavy atom. The van der Waals surface area contributed by atoms with Gasteiger partial charge in [-0.25, -0.2) is 4.79 Å². The Morgan fingerprint density at radius 3 is 2.76 bits per heavy atom. The van der Waals surface area contributed by atoms with Crippen LogP contribution in [0.5, 0.6) is 11.5 Å². The van der Waals surface area contributed by atoms with Gasteiger partial charge in [0.15, 0.2) is 5.58 Å². The summed E-state index contributed by atoms with van der Waals surface area (Å²) in [7, 11) is 3.18. The number of ether oxygens (including phenoxy) is 2. The number of H-pyrrole nitrogens is 1. The molecule has 0 unspecified atom stereocenters. The number of rotatable bonds is 6. The van der Waals surface area contributed by atoms with Crippen LogP contribution in [0.3, 0.4) is 0 Å². The Kier molecular flexibility index (Phi) is 4.74. The molecule has 1 heterocycles. The summed E-state index contributed by atoms with van der Waals surface area (Å²) in [5.41, 5.74) is 2.47. The number of carbonyl (C=O) groups excluding carboxylic acids is 1. The second-order valence-corrected chi connectivity index (χ2v) is 5.45. The lowest BCUT2D eigenvalue weighted by molar-refractivity contribution is -0.116. The fourth-order valence-corrected chi connectivity index (χ4v) is 2.58. The molecule has 0 aliphatic heterocycles. The monoisotopic (exact) mass is 342 g/mol. The molecule has 7 nitrogen and oxygen atoms in total. The summed E-state index contributed by atoms with van der Waals surface area (Å²) < 4.78 is 15.5. The zero-order valence-corrected chi connectivity index (χ0v) is 13.9. The molecular weight excluding hydrogens is 324 g/mol. The number of aryl methyl sites for hydroxylation is 1. The number of carbonyl (C=O) groups is 1. The van der Waals surface area contributed by atoms with Crippen LogP contribution in [0.25, 0.3) is 11.1 Å². The Labute approximate surface area is 143 Å². The van der Waals surface area contributed by atoms with Gasteiger partial charge >= 0.3 is 5.76 Å². The molecule has 0 bridgehead atoms. The molecule has 0 fully saturated rings. The molecule has 3 rings (SSSR count). The van der Waals surface area contributed by atoms with E-state index in [0.29, 0.717) is 34.7 Å². The highest BCUT2D eigenvalue weighted by Gasteiger charge is 2.10. The number of aromatic amines is 1. The van der Waals surface area contributed by atoms with Crippen LogP contribution in [-0.2, 0) is 11.2 Å². The Balaban J connectivity index is 1.66. The normalized spacial score (nSPS) is 10.6. The number of aromatic nitrogens is 1. The van der Waals surface area contributed by atoms with E-state index in [1.807, 2.05) is 18.2 Å². The Hall–Kier alpha value is -3.22. The number of methoxy groups -OCH3 is 2. The van der Waals surface area contributed by atoms with Gasteiger partial charge in [-0.1, -0.05) is 0 Å². The van der Waals surface area contributed by atoms with Gasteiger partial charge in [-0.05, 0) is 48.4 Å². The molecule has 2 aromatic carbocycles. The summed E-state index contributed by atoms with van der Waals surface area (Å²) >= 11 is 0. The highest BCUT2D eigenvalue weighted by atomic mass is 16.5. The molecule has 0 spiro atoms. The minimum atomic E-state index is -0.524. The fourth-order valence-electron chi connectivity index (χ4n) is 2.58. The van der Waals surface area contributed by atoms with E-state index in [0.717, 1.165) is 5.56 Å². The summed E-state index contributed by atoms with van der Waals surface area (Å²) in [4.78, 5) is 25.9. The molecule has 0 aliphatic carbocycles. The number of fused-ring (bicyclic) bond motifs is 1. The van der Waals surface area contributed by atoms with Gasteiger partial charge in [0.25, 0.3) is 0 Å². The van der Waals surface area contributed by atoms with Crippen molar-refractivity contribution in [3.8, 4) is 11.5 Å². The third-order valence-electron chi connectivity index (χ3n) is 3.81. The molecule has 1 aromatic heterocycles. The molecule has 0 aliphatic rings. The lowest BCUT2D eigenvalue weighted by Gasteiger charge is -2.10. The van der Waals surface area contributed by atoms with Crippen LogP contribution < -0.4 is 20.5 Å². The largest absolute Gasteiger partial charge is 0.497 e. The van der Waals surface area contributed by atoms with E-state index in [2.05, 4.69) is 10.3 Å². The van der Waals surface area contributed by atoms with Crippen molar-refractivity contribution in [1.29, 1.82) is 0 Å². The standard InChI is InChI=1S/C18H18N2O5/c1-23-13-5-7-15(24-2)11(9-13)3-8-17(21)19-12-4-6-16-14(10-12)20-18(22)25-16/h4-7,9-10H,3,8H2,1-2H3,(H,19,21)(H,20,22). The molecule has 0 radical (unpaired) electrons. The molecular formula is C18H18N2O5. The van der Waals surface area contributed by atoms with Crippen molar-refractivity contribution in [2.24, 2.45) is 0 Å². The molecule has 3 aromatic rings. The number of oxazole rings is 1. The van der Waals surface area contributed by atoms with Crippen LogP contribution in [0.2, 0.25) is 0 Å². The average Bonchev–Trinajstić information content (AvgIpc) is 2.99. The third-order valence-corrected chi connectivity index (χ3v) is 3.81. The molecule has 1 amide bonds. The van der Waals surface area contributed by atoms with Gasteiger partial charge in [0, 0.05) is 12.1 Å². The smallest absolute Gasteiger partial charge is 0.417 e. The number of hydrogen-bond donors (Lipinski definition) is 2. The lowest BCUT2D eigenvalue weighted by atomic mass is 10.1. The van der Waals surface area contributed by atoms with E-state index >= 15 is 0 Å². The molecule has 0 atom stereocenters. The van der Waals surface area contributed by atoms with Crippen LogP contribution in [0.4, 0.5) is 5.69 Å². The number of anilines is 1. The van der Waals surface area contributed by atoms with Gasteiger partial charge in [0.1, 0.15) is 11.5 Å². The van der Waals surface area contributed by atoms with Gasteiger partial charge in [-0.3, -0.25) is 9.78 Å². The molecule has 25 heavy (non-hydrogen) atoms. The topological polar surface area (TPSA) is 93.6 Å². The number of nitrogens with one attached hydrogen (secondary N) is 2. The van der Waals surface area contributed by atoms with E-state index in [1.54, 1.807) is 32.4 Å². The maximum absolute atomic E-state index is 12.2. The van der Waals surface area contributed by atoms with Crippen LogP contribution in [0, 0.1) is 0 Å². The van der Waals surface area contributed by atoms with E-state index in [4.69, 9.17) is 13.9 Å². The van der Waals surface area contributed by atoms with Crippen molar-refractivity contribution in [2.75, 3.05) is 19.5 Å². The second-order valence-electron chi connectivity index (χ2n) is 5.45. The first-order valence-electron chi connectivity index (χ1n) is 7.72. The fraction of sp³-hybridized carbons (Fsp3) is 0.222. The number of hydrogen-bond acceptors (Lipinski definition) is 5. The molecule has 7 heteroatoms. The molecule has 0 saturated carbocycles. The Bertz CT molecular complexity index is 957. The SMILES string of the molecule is COc1ccc(OC)c(CCC(=O)Nc2ccc3oc(=O)[nH]c3c2)c1. The zero-order valence-electron chi connectivity index (χ0n) is 13.9. The molecule has 130 valence electrons. The minimum Gasteiger partial charge on any atom is -0.497 e. The number of amides is 1. The van der Waals surface area contributed by atoms with E-state index in [9.17, 15) is 9.59 Å². The predicted octanol–water partition coefficient (Wildman–Crippen LogP) is 2.71. The summed E-state index contributed by atoms with van der Waals surface area (Å²) in [6.07, 6.45) is 0.792. The highest BCUT2D eigenvalue weighted by Crippen LogP contribution is 2.25. The van der Waals surface area contributed by atoms with Crippen molar-refractivity contribution in [3.05, 3.63) is 52.5 Å². The van der Waals surface area contributed by atoms with E-state index in [-0.39, 0.29) is 12.3 Å². The average molecular weight is 342 g/mol. The summed E-state index contributed by atoms with van der Waals surface area (Å²) in [5.74, 6) is 0.759. The second kappa shape index (κ2) is 7.12. The van der Waals surface area contributed by atoms with Gasteiger partial charge < -0.3 is 19.2 Å². The third kappa shape index (κ3) is 3.82. The van der Waals surface area contributed by atoms with Crippen molar-refractivity contribution < 1.29 is 18.7 Å². The first-order valence-corrected chi connectivity index (χ1v) is 7.72. The quantitative estimate of drug-likeness (QED) is 0.718. The van der Waals surface area contributed by atoms with Gasteiger partial charge in [0.05, 0.1) is 19.7 Å². The highest BCUT2D eigenvalue weighted by molar-refractivity contribution is 5.92. The maximum atomic E-state index is 12.2. The van der Waals surface area contributed by atoms with Crippen molar-refractivity contribution in [2.45, 2.75) is 12.8 Å². The van der Waals surface area contributed by atoms with Crippen molar-refractivity contribution in [3.63, 3.8) is 0 Å². The predicted molar refractivity (Wildman–Crippen MR) is 93.3 cm³/mol. The first-order chi connectivity index (χ1) is 12.1. The maximum Gasteiger partial charge on any atom is 0.417 e. The van der Waals surface area contributed by atoms with Crippen molar-refractivity contribution >= 4 is 22.7 Å². The van der Waals surface area contributed by atoms with Crippen molar-refractivity contribution in [1.82, 2.24) is 4.98 Å². The lowest BCUT2D eigenvalue weighted by Crippen LogP contribution is -2.12. The first kappa shape index (κ1) is 16.6. The Morgan fingerprint density at radius 1 is 1.16 bits per heavy atom. The van der Waals surface area contributed by atoms with Crippen LogP contribution in [-0.4, -0.2) is 25.1 Å². The van der Waals surface area contributed by atoms with Gasteiger partial charge in [-0.15, -0.1) is 0 Å². The van der Waals surface area contributed by atoms with Crippen LogP contribution in [0.1, 0.15) is 12.0 Å². The summed E-state index contributed by atoms with van der Waals surface area (Å²) in [6.45, 7) is 0. The summed E-state index contributed by atoms with van der Waals surface area (Å²) in [5, 5.41) is 2.80. The summed E-state index contributed by atoms with van der Waals surface area (Å²) in [6, 6.07) is 10.5. The minimum absolute atomic E-state index is 0.143. The zero-order chi connectivity index (χ0) is 17.8. The van der Waals surface area contributed by atoms with Crippen LogP contribution in [0.15, 0.2) is 45.6 Å². The van der Waals surface area contributed by atoms with E-state index < -0.39 is 5.76 Å². The van der Waals surface area contributed by atoms with Crippen LogP contribution >= 0.6 is 0 Å². The van der Waals surface area contributed by atoms with E-state index in [1.165, 1.54) is 0 Å². The van der Waals surface area contributed by atoms with Gasteiger partial charge in [0.2, 0.25) is 5.91 Å². The number of benzene rings is 2. The molecule has 2 N–H and O–H groups in total. The van der Waals surface area contributed by atoms with Gasteiger partial charge in [-0.2, -0.15) is 0 Å².